The number of phenols is 1. The van der Waals surface area contributed by atoms with E-state index in [4.69, 9.17) is 4.74 Å². The van der Waals surface area contributed by atoms with Gasteiger partial charge in [-0.05, 0) is 62.1 Å². The third-order valence-corrected chi connectivity index (χ3v) is 4.01. The fourth-order valence-corrected chi connectivity index (χ4v) is 2.60. The van der Waals surface area contributed by atoms with Crippen LogP contribution >= 0.6 is 0 Å². The standard InChI is InChI=1S/C19H24FNO2/c1-13(4-5-15-6-9-17(22)10-7-15)21-14(2)16-8-11-19(23-3)18(20)12-16/h6-14,21-22H,4-5H2,1-3H3. The first-order chi connectivity index (χ1) is 11.0. The highest BCUT2D eigenvalue weighted by molar-refractivity contribution is 5.31. The minimum atomic E-state index is -0.338. The van der Waals surface area contributed by atoms with Crippen LogP contribution in [0.5, 0.6) is 11.5 Å². The summed E-state index contributed by atoms with van der Waals surface area (Å²) in [5.41, 5.74) is 2.10. The fourth-order valence-electron chi connectivity index (χ4n) is 2.60. The molecule has 0 heterocycles. The van der Waals surface area contributed by atoms with Gasteiger partial charge in [0.2, 0.25) is 0 Å². The molecule has 0 aliphatic heterocycles. The molecule has 0 bridgehead atoms. The lowest BCUT2D eigenvalue weighted by molar-refractivity contribution is 0.385. The molecular formula is C19H24FNO2. The number of nitrogens with one attached hydrogen (secondary N) is 1. The molecule has 0 fully saturated rings. The van der Waals surface area contributed by atoms with E-state index >= 15 is 0 Å². The number of hydrogen-bond acceptors (Lipinski definition) is 3. The first-order valence-electron chi connectivity index (χ1n) is 7.87. The number of ether oxygens (including phenoxy) is 1. The summed E-state index contributed by atoms with van der Waals surface area (Å²) in [5, 5.41) is 12.8. The maximum atomic E-state index is 13.8. The molecule has 4 heteroatoms. The van der Waals surface area contributed by atoms with Crippen molar-refractivity contribution in [2.45, 2.75) is 38.8 Å². The van der Waals surface area contributed by atoms with Gasteiger partial charge in [0.25, 0.3) is 0 Å². The van der Waals surface area contributed by atoms with E-state index in [1.807, 2.05) is 25.1 Å². The molecule has 0 saturated carbocycles. The highest BCUT2D eigenvalue weighted by Crippen LogP contribution is 2.22. The van der Waals surface area contributed by atoms with Crippen molar-refractivity contribution in [3.05, 3.63) is 59.4 Å². The number of halogens is 1. The Bertz CT molecular complexity index is 628. The zero-order chi connectivity index (χ0) is 16.8. The van der Waals surface area contributed by atoms with Crippen LogP contribution in [0.25, 0.3) is 0 Å². The Morgan fingerprint density at radius 3 is 2.43 bits per heavy atom. The van der Waals surface area contributed by atoms with Gasteiger partial charge in [-0.15, -0.1) is 0 Å². The molecule has 0 aliphatic rings. The maximum absolute atomic E-state index is 13.8. The number of methoxy groups -OCH3 is 1. The van der Waals surface area contributed by atoms with E-state index < -0.39 is 0 Å². The Morgan fingerprint density at radius 2 is 1.83 bits per heavy atom. The largest absolute Gasteiger partial charge is 0.508 e. The monoisotopic (exact) mass is 317 g/mol. The van der Waals surface area contributed by atoms with E-state index in [9.17, 15) is 9.50 Å². The van der Waals surface area contributed by atoms with Gasteiger partial charge in [0, 0.05) is 12.1 Å². The smallest absolute Gasteiger partial charge is 0.165 e. The summed E-state index contributed by atoms with van der Waals surface area (Å²) in [6.45, 7) is 4.15. The third kappa shape index (κ3) is 4.96. The normalized spacial score (nSPS) is 13.6. The molecule has 2 unspecified atom stereocenters. The van der Waals surface area contributed by atoms with Gasteiger partial charge in [0.1, 0.15) is 5.75 Å². The molecule has 0 spiro atoms. The average Bonchev–Trinajstić information content (AvgIpc) is 2.54. The molecule has 0 aliphatic carbocycles. The van der Waals surface area contributed by atoms with E-state index in [0.29, 0.717) is 6.04 Å². The van der Waals surface area contributed by atoms with Crippen LogP contribution in [0.4, 0.5) is 4.39 Å². The Hall–Kier alpha value is -2.07. The molecule has 0 aromatic heterocycles. The molecule has 3 nitrogen and oxygen atoms in total. The van der Waals surface area contributed by atoms with Gasteiger partial charge in [0.05, 0.1) is 7.11 Å². The van der Waals surface area contributed by atoms with Crippen LogP contribution in [-0.4, -0.2) is 18.3 Å². The van der Waals surface area contributed by atoms with Gasteiger partial charge in [0.15, 0.2) is 11.6 Å². The molecule has 2 N–H and O–H groups in total. The molecular weight excluding hydrogens is 293 g/mol. The molecule has 2 atom stereocenters. The van der Waals surface area contributed by atoms with Crippen molar-refractivity contribution in [3.8, 4) is 11.5 Å². The second-order valence-electron chi connectivity index (χ2n) is 5.89. The van der Waals surface area contributed by atoms with Crippen LogP contribution in [0.15, 0.2) is 42.5 Å². The zero-order valence-corrected chi connectivity index (χ0v) is 13.8. The summed E-state index contributed by atoms with van der Waals surface area (Å²) in [6, 6.07) is 12.7. The van der Waals surface area contributed by atoms with Crippen LogP contribution in [0.1, 0.15) is 37.4 Å². The molecule has 2 rings (SSSR count). The van der Waals surface area contributed by atoms with Crippen molar-refractivity contribution in [1.29, 1.82) is 0 Å². The average molecular weight is 317 g/mol. The van der Waals surface area contributed by atoms with Crippen molar-refractivity contribution in [1.82, 2.24) is 5.32 Å². The summed E-state index contributed by atoms with van der Waals surface area (Å²) in [7, 11) is 1.46. The molecule has 0 amide bonds. The van der Waals surface area contributed by atoms with Gasteiger partial charge in [-0.25, -0.2) is 4.39 Å². The maximum Gasteiger partial charge on any atom is 0.165 e. The lowest BCUT2D eigenvalue weighted by Gasteiger charge is -2.21. The van der Waals surface area contributed by atoms with Crippen LogP contribution in [0, 0.1) is 5.82 Å². The quantitative estimate of drug-likeness (QED) is 0.803. The molecule has 124 valence electrons. The number of aryl methyl sites for hydroxylation is 1. The summed E-state index contributed by atoms with van der Waals surface area (Å²) < 4.78 is 18.7. The predicted molar refractivity (Wildman–Crippen MR) is 90.4 cm³/mol. The van der Waals surface area contributed by atoms with Gasteiger partial charge < -0.3 is 15.2 Å². The SMILES string of the molecule is COc1ccc(C(C)NC(C)CCc2ccc(O)cc2)cc1F. The minimum absolute atomic E-state index is 0.0604. The Balaban J connectivity index is 1.87. The summed E-state index contributed by atoms with van der Waals surface area (Å²) in [5.74, 6) is 0.215. The first-order valence-corrected chi connectivity index (χ1v) is 7.87. The highest BCUT2D eigenvalue weighted by Gasteiger charge is 2.12. The van der Waals surface area contributed by atoms with Gasteiger partial charge in [-0.2, -0.15) is 0 Å². The summed E-state index contributed by atoms with van der Waals surface area (Å²) in [4.78, 5) is 0. The Morgan fingerprint density at radius 1 is 1.13 bits per heavy atom. The van der Waals surface area contributed by atoms with E-state index in [-0.39, 0.29) is 23.4 Å². The zero-order valence-electron chi connectivity index (χ0n) is 13.8. The summed E-state index contributed by atoms with van der Waals surface area (Å²) >= 11 is 0. The lowest BCUT2D eigenvalue weighted by Crippen LogP contribution is -2.29. The molecule has 2 aromatic carbocycles. The van der Waals surface area contributed by atoms with Crippen molar-refractivity contribution in [2.75, 3.05) is 7.11 Å². The van der Waals surface area contributed by atoms with Crippen LogP contribution in [0.2, 0.25) is 0 Å². The Kier molecular flexibility index (Phi) is 5.99. The van der Waals surface area contributed by atoms with Crippen molar-refractivity contribution < 1.29 is 14.2 Å². The molecule has 2 aromatic rings. The second kappa shape index (κ2) is 7.97. The predicted octanol–water partition coefficient (Wildman–Crippen LogP) is 4.21. The van der Waals surface area contributed by atoms with Crippen molar-refractivity contribution in [2.24, 2.45) is 0 Å². The van der Waals surface area contributed by atoms with E-state index in [2.05, 4.69) is 12.2 Å². The molecule has 0 saturated heterocycles. The number of aromatic hydroxyl groups is 1. The number of rotatable bonds is 7. The fraction of sp³-hybridized carbons (Fsp3) is 0.368. The summed E-state index contributed by atoms with van der Waals surface area (Å²) in [6.07, 6.45) is 1.89. The van der Waals surface area contributed by atoms with E-state index in [1.54, 1.807) is 18.2 Å². The molecule has 0 radical (unpaired) electrons. The van der Waals surface area contributed by atoms with E-state index in [0.717, 1.165) is 18.4 Å². The van der Waals surface area contributed by atoms with Crippen LogP contribution in [0.3, 0.4) is 0 Å². The van der Waals surface area contributed by atoms with E-state index in [1.165, 1.54) is 18.7 Å². The second-order valence-corrected chi connectivity index (χ2v) is 5.89. The molecule has 23 heavy (non-hydrogen) atoms. The van der Waals surface area contributed by atoms with Gasteiger partial charge in [-0.1, -0.05) is 18.2 Å². The Labute approximate surface area is 137 Å². The highest BCUT2D eigenvalue weighted by atomic mass is 19.1. The van der Waals surface area contributed by atoms with Crippen molar-refractivity contribution >= 4 is 0 Å². The van der Waals surface area contributed by atoms with Crippen molar-refractivity contribution in [3.63, 3.8) is 0 Å². The van der Waals surface area contributed by atoms with Gasteiger partial charge >= 0.3 is 0 Å². The number of benzene rings is 2. The number of phenolic OH excluding ortho intramolecular Hbond substituents is 1. The lowest BCUT2D eigenvalue weighted by atomic mass is 10.0. The topological polar surface area (TPSA) is 41.5 Å². The van der Waals surface area contributed by atoms with Crippen LogP contribution in [-0.2, 0) is 6.42 Å². The minimum Gasteiger partial charge on any atom is -0.508 e. The third-order valence-electron chi connectivity index (χ3n) is 4.01. The number of hydrogen-bond donors (Lipinski definition) is 2. The van der Waals surface area contributed by atoms with Crippen LogP contribution < -0.4 is 10.1 Å². The van der Waals surface area contributed by atoms with Gasteiger partial charge in [-0.3, -0.25) is 0 Å². The first kappa shape index (κ1) is 17.3.